The summed E-state index contributed by atoms with van der Waals surface area (Å²) in [4.78, 5) is 42.7. The predicted molar refractivity (Wildman–Crippen MR) is 153 cm³/mol. The van der Waals surface area contributed by atoms with Crippen LogP contribution in [0.3, 0.4) is 0 Å². The summed E-state index contributed by atoms with van der Waals surface area (Å²) in [6.07, 6.45) is 1.40. The number of para-hydroxylation sites is 2. The number of ether oxygens (including phenoxy) is 2. The van der Waals surface area contributed by atoms with Gasteiger partial charge in [0, 0.05) is 10.0 Å². The summed E-state index contributed by atoms with van der Waals surface area (Å²) >= 11 is 3.48. The molecule has 4 aromatic rings. The first-order valence-electron chi connectivity index (χ1n) is 12.2. The van der Waals surface area contributed by atoms with E-state index in [1.165, 1.54) is 19.3 Å². The molecule has 0 aliphatic carbocycles. The highest BCUT2D eigenvalue weighted by molar-refractivity contribution is 9.10. The van der Waals surface area contributed by atoms with Crippen molar-refractivity contribution in [3.05, 3.63) is 124 Å². The largest absolute Gasteiger partial charge is 0.493 e. The van der Waals surface area contributed by atoms with Crippen LogP contribution in [0.4, 0.5) is 20.6 Å². The molecule has 1 heterocycles. The Bertz CT molecular complexity index is 1560. The average molecular weight is 601 g/mol. The third-order valence-electron chi connectivity index (χ3n) is 6.20. The van der Waals surface area contributed by atoms with Crippen molar-refractivity contribution in [3.8, 4) is 11.5 Å². The molecule has 0 aromatic heterocycles. The second kappa shape index (κ2) is 11.5. The summed E-state index contributed by atoms with van der Waals surface area (Å²) in [7, 11) is 1.44. The number of nitrogens with zero attached hydrogens (tertiary/aromatic N) is 2. The lowest BCUT2D eigenvalue weighted by atomic mass is 10.0. The molecule has 200 valence electrons. The van der Waals surface area contributed by atoms with Gasteiger partial charge < -0.3 is 9.47 Å². The maximum absolute atomic E-state index is 14.1. The lowest BCUT2D eigenvalue weighted by Crippen LogP contribution is -2.57. The third kappa shape index (κ3) is 5.23. The van der Waals surface area contributed by atoms with E-state index in [0.29, 0.717) is 38.5 Å². The fourth-order valence-electron chi connectivity index (χ4n) is 4.20. The van der Waals surface area contributed by atoms with Gasteiger partial charge >= 0.3 is 6.03 Å². The predicted octanol–water partition coefficient (Wildman–Crippen LogP) is 6.76. The molecule has 0 saturated carbocycles. The van der Waals surface area contributed by atoms with Crippen LogP contribution < -0.4 is 19.3 Å². The molecule has 4 amide bonds. The minimum Gasteiger partial charge on any atom is -0.493 e. The van der Waals surface area contributed by atoms with Gasteiger partial charge in [-0.15, -0.1) is 0 Å². The number of methoxy groups -OCH3 is 1. The lowest BCUT2D eigenvalue weighted by molar-refractivity contribution is -0.121. The van der Waals surface area contributed by atoms with Crippen molar-refractivity contribution in [1.82, 2.24) is 0 Å². The van der Waals surface area contributed by atoms with Crippen molar-refractivity contribution in [2.24, 2.45) is 0 Å². The first-order chi connectivity index (χ1) is 19.4. The first-order valence-corrected chi connectivity index (χ1v) is 13.0. The van der Waals surface area contributed by atoms with Crippen LogP contribution in [0.2, 0.25) is 0 Å². The lowest BCUT2D eigenvalue weighted by Gasteiger charge is -2.34. The maximum Gasteiger partial charge on any atom is 0.343 e. The molecule has 1 saturated heterocycles. The van der Waals surface area contributed by atoms with E-state index >= 15 is 0 Å². The van der Waals surface area contributed by atoms with Gasteiger partial charge in [0.2, 0.25) is 0 Å². The minimum absolute atomic E-state index is 0.0347. The van der Waals surface area contributed by atoms with Gasteiger partial charge in [0.05, 0.1) is 18.5 Å². The number of carbonyl (C=O) groups excluding carboxylic acids is 3. The standard InChI is InChI=1S/C31H22BrFN2O5/c1-39-27-17-21(25(32)18-28(27)40-19-20-10-8-9-15-26(20)33)16-24-29(36)34(22-11-4-2-5-12-22)31(38)35(30(24)37)23-13-6-3-7-14-23/h2-18H,19H2,1H3. The van der Waals surface area contributed by atoms with E-state index in [2.05, 4.69) is 15.9 Å². The molecular weight excluding hydrogens is 579 g/mol. The molecule has 7 nitrogen and oxygen atoms in total. The SMILES string of the molecule is COc1cc(C=C2C(=O)N(c3ccccc3)C(=O)N(c3ccccc3)C2=O)c(Br)cc1OCc1ccccc1F. The van der Waals surface area contributed by atoms with Crippen molar-refractivity contribution < 1.29 is 28.2 Å². The smallest absolute Gasteiger partial charge is 0.343 e. The number of urea groups is 1. The number of rotatable bonds is 7. The topological polar surface area (TPSA) is 76.2 Å². The number of halogens is 2. The van der Waals surface area contributed by atoms with Crippen molar-refractivity contribution in [3.63, 3.8) is 0 Å². The third-order valence-corrected chi connectivity index (χ3v) is 6.89. The van der Waals surface area contributed by atoms with Crippen molar-refractivity contribution >= 4 is 51.2 Å². The molecule has 1 aliphatic heterocycles. The number of anilines is 2. The monoisotopic (exact) mass is 600 g/mol. The van der Waals surface area contributed by atoms with E-state index in [1.54, 1.807) is 91.0 Å². The molecule has 9 heteroatoms. The highest BCUT2D eigenvalue weighted by atomic mass is 79.9. The maximum atomic E-state index is 14.1. The number of amides is 4. The second-order valence-corrected chi connectivity index (χ2v) is 9.55. The normalized spacial score (nSPS) is 13.5. The van der Waals surface area contributed by atoms with Gasteiger partial charge in [-0.2, -0.15) is 0 Å². The fraction of sp³-hybridized carbons (Fsp3) is 0.0645. The van der Waals surface area contributed by atoms with E-state index in [1.807, 2.05) is 0 Å². The number of hydrogen-bond acceptors (Lipinski definition) is 5. The molecule has 0 unspecified atom stereocenters. The molecule has 5 rings (SSSR count). The Kier molecular flexibility index (Phi) is 7.75. The van der Waals surface area contributed by atoms with E-state index in [9.17, 15) is 18.8 Å². The molecule has 1 aliphatic rings. The van der Waals surface area contributed by atoms with E-state index < -0.39 is 23.7 Å². The summed E-state index contributed by atoms with van der Waals surface area (Å²) in [5, 5.41) is 0. The zero-order chi connectivity index (χ0) is 28.2. The van der Waals surface area contributed by atoms with Gasteiger partial charge in [-0.1, -0.05) is 70.5 Å². The van der Waals surface area contributed by atoms with Crippen LogP contribution in [0.15, 0.2) is 107 Å². The summed E-state index contributed by atoms with van der Waals surface area (Å²) in [5.74, 6) is -1.29. The highest BCUT2D eigenvalue weighted by Gasteiger charge is 2.43. The fourth-order valence-corrected chi connectivity index (χ4v) is 4.64. The van der Waals surface area contributed by atoms with Gasteiger partial charge in [0.15, 0.2) is 11.5 Å². The molecule has 4 aromatic carbocycles. The Morgan fingerprint density at radius 3 is 1.88 bits per heavy atom. The van der Waals surface area contributed by atoms with Crippen LogP contribution in [-0.2, 0) is 16.2 Å². The first kappa shape index (κ1) is 26.8. The Labute approximate surface area is 238 Å². The molecular formula is C31H22BrFN2O5. The molecule has 0 spiro atoms. The average Bonchev–Trinajstić information content (AvgIpc) is 2.97. The van der Waals surface area contributed by atoms with Gasteiger partial charge in [-0.25, -0.2) is 19.0 Å². The number of carbonyl (C=O) groups is 3. The minimum atomic E-state index is -0.780. The molecule has 40 heavy (non-hydrogen) atoms. The van der Waals surface area contributed by atoms with Crippen molar-refractivity contribution in [1.29, 1.82) is 0 Å². The van der Waals surface area contributed by atoms with E-state index in [4.69, 9.17) is 9.47 Å². The van der Waals surface area contributed by atoms with Gasteiger partial charge in [-0.05, 0) is 54.1 Å². The zero-order valence-corrected chi connectivity index (χ0v) is 22.8. The Morgan fingerprint density at radius 1 is 0.775 bits per heavy atom. The zero-order valence-electron chi connectivity index (χ0n) is 21.2. The van der Waals surface area contributed by atoms with Crippen LogP contribution in [-0.4, -0.2) is 25.0 Å². The van der Waals surface area contributed by atoms with Crippen LogP contribution in [0.1, 0.15) is 11.1 Å². The van der Waals surface area contributed by atoms with E-state index in [0.717, 1.165) is 9.80 Å². The Morgan fingerprint density at radius 2 is 1.32 bits per heavy atom. The molecule has 0 atom stereocenters. The van der Waals surface area contributed by atoms with Crippen molar-refractivity contribution in [2.75, 3.05) is 16.9 Å². The van der Waals surface area contributed by atoms with Gasteiger partial charge in [0.25, 0.3) is 11.8 Å². The number of hydrogen-bond donors (Lipinski definition) is 0. The quantitative estimate of drug-likeness (QED) is 0.173. The van der Waals surface area contributed by atoms with Crippen LogP contribution >= 0.6 is 15.9 Å². The summed E-state index contributed by atoms with van der Waals surface area (Å²) in [5.41, 5.74) is 1.23. The van der Waals surface area contributed by atoms with Crippen LogP contribution in [0.5, 0.6) is 11.5 Å². The number of benzene rings is 4. The molecule has 0 bridgehead atoms. The van der Waals surface area contributed by atoms with Crippen LogP contribution in [0, 0.1) is 5.82 Å². The number of imide groups is 2. The molecule has 0 radical (unpaired) electrons. The molecule has 1 fully saturated rings. The number of barbiturate groups is 1. The van der Waals surface area contributed by atoms with Gasteiger partial charge in [-0.3, -0.25) is 9.59 Å². The summed E-state index contributed by atoms with van der Waals surface area (Å²) in [6.45, 7) is -0.0347. The van der Waals surface area contributed by atoms with E-state index in [-0.39, 0.29) is 12.2 Å². The highest BCUT2D eigenvalue weighted by Crippen LogP contribution is 2.37. The summed E-state index contributed by atoms with van der Waals surface area (Å²) in [6, 6.07) is 25.5. The molecule has 0 N–H and O–H groups in total. The van der Waals surface area contributed by atoms with Crippen LogP contribution in [0.25, 0.3) is 6.08 Å². The Hall–Kier alpha value is -4.76. The summed E-state index contributed by atoms with van der Waals surface area (Å²) < 4.78 is 25.9. The van der Waals surface area contributed by atoms with Gasteiger partial charge in [0.1, 0.15) is 18.0 Å². The van der Waals surface area contributed by atoms with Crippen molar-refractivity contribution in [2.45, 2.75) is 6.61 Å². The second-order valence-electron chi connectivity index (χ2n) is 8.70. The Balaban J connectivity index is 1.55.